The van der Waals surface area contributed by atoms with E-state index in [1.54, 1.807) is 30.6 Å². The molecule has 2 heterocycles. The van der Waals surface area contributed by atoms with E-state index >= 15 is 0 Å². The van der Waals surface area contributed by atoms with Crippen LogP contribution in [0, 0.1) is 17.2 Å². The Morgan fingerprint density at radius 1 is 1.32 bits per heavy atom. The van der Waals surface area contributed by atoms with Gasteiger partial charge in [-0.15, -0.1) is 0 Å². The van der Waals surface area contributed by atoms with E-state index in [1.807, 2.05) is 18.2 Å². The molecule has 25 heavy (non-hydrogen) atoms. The van der Waals surface area contributed by atoms with Gasteiger partial charge in [0.15, 0.2) is 0 Å². The minimum atomic E-state index is -0.154. The predicted octanol–water partition coefficient (Wildman–Crippen LogP) is 1.18. The van der Waals surface area contributed by atoms with Gasteiger partial charge in [0.2, 0.25) is 0 Å². The summed E-state index contributed by atoms with van der Waals surface area (Å²) in [6, 6.07) is 12.9. The molecular formula is C19H20N4O2. The molecule has 2 atom stereocenters. The van der Waals surface area contributed by atoms with Crippen LogP contribution in [0.4, 0.5) is 0 Å². The van der Waals surface area contributed by atoms with E-state index in [4.69, 9.17) is 5.26 Å². The van der Waals surface area contributed by atoms with Gasteiger partial charge in [0, 0.05) is 56.2 Å². The molecule has 0 aliphatic carbocycles. The number of aliphatic hydroxyl groups is 1. The van der Waals surface area contributed by atoms with E-state index in [2.05, 4.69) is 21.3 Å². The van der Waals surface area contributed by atoms with Crippen molar-refractivity contribution in [3.8, 4) is 6.07 Å². The lowest BCUT2D eigenvalue weighted by Crippen LogP contribution is -2.41. The molecule has 1 aliphatic rings. The molecule has 6 nitrogen and oxygen atoms in total. The van der Waals surface area contributed by atoms with Gasteiger partial charge < -0.3 is 10.4 Å². The topological polar surface area (TPSA) is 89.3 Å². The maximum Gasteiger partial charge on any atom is 0.251 e. The van der Waals surface area contributed by atoms with Gasteiger partial charge in [-0.25, -0.2) is 0 Å². The Balaban J connectivity index is 1.64. The van der Waals surface area contributed by atoms with Crippen molar-refractivity contribution in [1.82, 2.24) is 15.2 Å². The van der Waals surface area contributed by atoms with Crippen LogP contribution in [0.3, 0.4) is 0 Å². The molecule has 128 valence electrons. The number of nitrogens with one attached hydrogen (secondary N) is 1. The Kier molecular flexibility index (Phi) is 5.39. The van der Waals surface area contributed by atoms with Crippen LogP contribution in [0.25, 0.3) is 0 Å². The van der Waals surface area contributed by atoms with Crippen LogP contribution < -0.4 is 5.32 Å². The Morgan fingerprint density at radius 2 is 2.12 bits per heavy atom. The molecule has 0 bridgehead atoms. The number of benzene rings is 1. The first kappa shape index (κ1) is 17.1. The average Bonchev–Trinajstić information content (AvgIpc) is 3.03. The largest absolute Gasteiger partial charge is 0.396 e. The van der Waals surface area contributed by atoms with Gasteiger partial charge in [0.1, 0.15) is 0 Å². The van der Waals surface area contributed by atoms with Crippen LogP contribution >= 0.6 is 0 Å². The lowest BCUT2D eigenvalue weighted by atomic mass is 10.0. The molecule has 2 aromatic rings. The number of amides is 1. The average molecular weight is 336 g/mol. The Labute approximate surface area is 146 Å². The maximum atomic E-state index is 12.3. The second-order valence-corrected chi connectivity index (χ2v) is 6.26. The summed E-state index contributed by atoms with van der Waals surface area (Å²) < 4.78 is 0. The highest BCUT2D eigenvalue weighted by Gasteiger charge is 2.33. The Morgan fingerprint density at radius 3 is 2.84 bits per heavy atom. The first-order valence-electron chi connectivity index (χ1n) is 8.22. The summed E-state index contributed by atoms with van der Waals surface area (Å²) in [6.07, 6.45) is 3.17. The van der Waals surface area contributed by atoms with Crippen molar-refractivity contribution in [1.29, 1.82) is 5.26 Å². The van der Waals surface area contributed by atoms with Crippen molar-refractivity contribution in [2.45, 2.75) is 12.6 Å². The molecule has 1 aromatic carbocycles. The van der Waals surface area contributed by atoms with Crippen molar-refractivity contribution in [3.05, 3.63) is 65.5 Å². The van der Waals surface area contributed by atoms with Crippen molar-refractivity contribution >= 4 is 5.91 Å². The normalized spacial score (nSPS) is 20.2. The summed E-state index contributed by atoms with van der Waals surface area (Å²) in [4.78, 5) is 18.4. The minimum Gasteiger partial charge on any atom is -0.396 e. The van der Waals surface area contributed by atoms with Gasteiger partial charge in [-0.3, -0.25) is 14.7 Å². The fraction of sp³-hybridized carbons (Fsp3) is 0.316. The number of hydrogen-bond acceptors (Lipinski definition) is 5. The third kappa shape index (κ3) is 4.21. The van der Waals surface area contributed by atoms with Crippen LogP contribution in [0.5, 0.6) is 0 Å². The zero-order valence-electron chi connectivity index (χ0n) is 13.8. The van der Waals surface area contributed by atoms with Crippen LogP contribution in [-0.4, -0.2) is 46.6 Å². The fourth-order valence-electron chi connectivity index (χ4n) is 3.19. The molecule has 0 spiro atoms. The first-order valence-corrected chi connectivity index (χ1v) is 8.22. The molecule has 2 N–H and O–H groups in total. The van der Waals surface area contributed by atoms with E-state index in [0.717, 1.165) is 5.56 Å². The molecule has 1 amide bonds. The number of nitrogens with zero attached hydrogens (tertiary/aromatic N) is 3. The van der Waals surface area contributed by atoms with Crippen LogP contribution in [0.1, 0.15) is 21.5 Å². The Hall–Kier alpha value is -2.75. The molecule has 6 heteroatoms. The van der Waals surface area contributed by atoms with Crippen molar-refractivity contribution in [3.63, 3.8) is 0 Å². The first-order chi connectivity index (χ1) is 12.2. The van der Waals surface area contributed by atoms with Gasteiger partial charge in [-0.2, -0.15) is 5.26 Å². The summed E-state index contributed by atoms with van der Waals surface area (Å²) in [7, 11) is 0. The van der Waals surface area contributed by atoms with Gasteiger partial charge >= 0.3 is 0 Å². The Bertz CT molecular complexity index is 772. The molecule has 3 rings (SSSR count). The number of pyridine rings is 1. The van der Waals surface area contributed by atoms with E-state index in [0.29, 0.717) is 30.8 Å². The zero-order chi connectivity index (χ0) is 17.6. The van der Waals surface area contributed by atoms with Crippen molar-refractivity contribution < 1.29 is 9.90 Å². The number of hydrogen-bond donors (Lipinski definition) is 2. The van der Waals surface area contributed by atoms with E-state index in [-0.39, 0.29) is 24.5 Å². The van der Waals surface area contributed by atoms with E-state index in [9.17, 15) is 9.90 Å². The molecule has 0 radical (unpaired) electrons. The summed E-state index contributed by atoms with van der Waals surface area (Å²) in [6.45, 7) is 2.08. The van der Waals surface area contributed by atoms with Gasteiger partial charge in [-0.05, 0) is 29.8 Å². The highest BCUT2D eigenvalue weighted by atomic mass is 16.3. The highest BCUT2D eigenvalue weighted by molar-refractivity contribution is 5.94. The summed E-state index contributed by atoms with van der Waals surface area (Å²) in [5.74, 6) is -0.163. The van der Waals surface area contributed by atoms with E-state index in [1.165, 1.54) is 0 Å². The smallest absolute Gasteiger partial charge is 0.251 e. The highest BCUT2D eigenvalue weighted by Crippen LogP contribution is 2.20. The second kappa shape index (κ2) is 7.88. The number of aromatic nitrogens is 1. The van der Waals surface area contributed by atoms with Gasteiger partial charge in [0.25, 0.3) is 5.91 Å². The summed E-state index contributed by atoms with van der Waals surface area (Å²) in [5.41, 5.74) is 2.25. The number of nitriles is 1. The summed E-state index contributed by atoms with van der Waals surface area (Å²) in [5, 5.41) is 21.7. The van der Waals surface area contributed by atoms with Crippen molar-refractivity contribution in [2.75, 3.05) is 19.7 Å². The third-order valence-corrected chi connectivity index (χ3v) is 4.47. The lowest BCUT2D eigenvalue weighted by Gasteiger charge is -2.18. The zero-order valence-corrected chi connectivity index (χ0v) is 13.8. The molecule has 0 unspecified atom stereocenters. The molecule has 1 aliphatic heterocycles. The number of aliphatic hydroxyl groups excluding tert-OH is 1. The van der Waals surface area contributed by atoms with Gasteiger partial charge in [-0.1, -0.05) is 12.1 Å². The molecule has 1 saturated heterocycles. The minimum absolute atomic E-state index is 0.00932. The third-order valence-electron chi connectivity index (χ3n) is 4.47. The number of carbonyl (C=O) groups excluding carboxylic acids is 1. The lowest BCUT2D eigenvalue weighted by molar-refractivity contribution is 0.0921. The SMILES string of the molecule is N#Cc1cccc(CN2C[C@@H](CO)[C@H](NC(=O)c3ccncc3)C2)c1. The fourth-order valence-corrected chi connectivity index (χ4v) is 3.19. The number of rotatable bonds is 5. The van der Waals surface area contributed by atoms with Gasteiger partial charge in [0.05, 0.1) is 11.6 Å². The molecule has 0 saturated carbocycles. The molecule has 1 aromatic heterocycles. The predicted molar refractivity (Wildman–Crippen MR) is 92.5 cm³/mol. The molecular weight excluding hydrogens is 316 g/mol. The number of carbonyl (C=O) groups is 1. The molecule has 1 fully saturated rings. The summed E-state index contributed by atoms with van der Waals surface area (Å²) >= 11 is 0. The quantitative estimate of drug-likeness (QED) is 0.856. The standard InChI is InChI=1S/C19H20N4O2/c20-9-14-2-1-3-15(8-14)10-23-11-17(13-24)18(12-23)22-19(25)16-4-6-21-7-5-16/h1-8,17-18,24H,10-13H2,(H,22,25)/t17-,18+/m0/s1. The maximum absolute atomic E-state index is 12.3. The number of likely N-dealkylation sites (tertiary alicyclic amines) is 1. The van der Waals surface area contributed by atoms with Crippen LogP contribution in [0.2, 0.25) is 0 Å². The van der Waals surface area contributed by atoms with E-state index < -0.39 is 0 Å². The van der Waals surface area contributed by atoms with Crippen LogP contribution in [-0.2, 0) is 6.54 Å². The van der Waals surface area contributed by atoms with Crippen molar-refractivity contribution in [2.24, 2.45) is 5.92 Å². The van der Waals surface area contributed by atoms with Crippen LogP contribution in [0.15, 0.2) is 48.8 Å². The monoisotopic (exact) mass is 336 g/mol. The second-order valence-electron chi connectivity index (χ2n) is 6.26.